The van der Waals surface area contributed by atoms with Crippen LogP contribution in [0.25, 0.3) is 0 Å². The lowest BCUT2D eigenvalue weighted by Crippen LogP contribution is -2.52. The lowest BCUT2D eigenvalue weighted by Gasteiger charge is -2.33. The van der Waals surface area contributed by atoms with Crippen molar-refractivity contribution in [2.24, 2.45) is 0 Å². The summed E-state index contributed by atoms with van der Waals surface area (Å²) in [6.07, 6.45) is -1.79. The van der Waals surface area contributed by atoms with Gasteiger partial charge in [-0.25, -0.2) is 0 Å². The zero-order valence-corrected chi connectivity index (χ0v) is 11.9. The molecule has 7 heteroatoms. The molecule has 6 unspecified atom stereocenters. The molecule has 0 radical (unpaired) electrons. The summed E-state index contributed by atoms with van der Waals surface area (Å²) in [5, 5.41) is 0. The Balaban J connectivity index is 1.53. The highest BCUT2D eigenvalue weighted by Gasteiger charge is 2.57. The second kappa shape index (κ2) is 5.35. The first-order valence-corrected chi connectivity index (χ1v) is 6.98. The average Bonchev–Trinajstić information content (AvgIpc) is 3.18. The Morgan fingerprint density at radius 3 is 2.81 bits per heavy atom. The first kappa shape index (κ1) is 13.7. The molecule has 6 atom stereocenters. The van der Waals surface area contributed by atoms with E-state index < -0.39 is 6.29 Å². The van der Waals surface area contributed by atoms with E-state index in [9.17, 15) is 0 Å². The van der Waals surface area contributed by atoms with Crippen LogP contribution < -0.4 is 0 Å². The van der Waals surface area contributed by atoms with Crippen LogP contribution in [0, 0.1) is 0 Å². The predicted molar refractivity (Wildman–Crippen MR) is 67.3 cm³/mol. The van der Waals surface area contributed by atoms with E-state index in [1.165, 1.54) is 0 Å². The Hall–Kier alpha value is -0.960. The molecule has 3 saturated heterocycles. The van der Waals surface area contributed by atoms with Gasteiger partial charge in [-0.1, -0.05) is 0 Å². The fourth-order valence-electron chi connectivity index (χ4n) is 3.10. The highest BCUT2D eigenvalue weighted by molar-refractivity contribution is 5.10. The molecule has 21 heavy (non-hydrogen) atoms. The summed E-state index contributed by atoms with van der Waals surface area (Å²) in [5.41, 5.74) is 0. The van der Waals surface area contributed by atoms with Crippen molar-refractivity contribution in [2.45, 2.75) is 43.6 Å². The van der Waals surface area contributed by atoms with Crippen molar-refractivity contribution < 1.29 is 32.8 Å². The molecule has 0 aliphatic carbocycles. The lowest BCUT2D eigenvalue weighted by atomic mass is 10.0. The maximum absolute atomic E-state index is 5.99. The number of rotatable bonds is 4. The summed E-state index contributed by atoms with van der Waals surface area (Å²) in [6, 6.07) is 3.70. The van der Waals surface area contributed by atoms with E-state index in [1.807, 2.05) is 12.1 Å². The normalized spacial score (nSPS) is 41.4. The monoisotopic (exact) mass is 298 g/mol. The van der Waals surface area contributed by atoms with Gasteiger partial charge in [0.1, 0.15) is 36.8 Å². The average molecular weight is 298 g/mol. The number of furan rings is 1. The summed E-state index contributed by atoms with van der Waals surface area (Å²) in [5.74, 6) is 1.36. The maximum Gasteiger partial charge on any atom is 0.218 e. The van der Waals surface area contributed by atoms with Crippen LogP contribution >= 0.6 is 0 Å². The predicted octanol–water partition coefficient (Wildman–Crippen LogP) is 0.979. The maximum atomic E-state index is 5.99. The minimum atomic E-state index is -0.550. The number of ether oxygens (including phenoxy) is 6. The third-order valence-corrected chi connectivity index (χ3v) is 4.05. The molecule has 0 saturated carbocycles. The number of fused-ring (bicyclic) bond motifs is 4. The topological polar surface area (TPSA) is 68.5 Å². The molecule has 0 amide bonds. The molecular weight excluding hydrogens is 280 g/mol. The fraction of sp³-hybridized carbons (Fsp3) is 0.714. The zero-order valence-electron chi connectivity index (χ0n) is 11.9. The van der Waals surface area contributed by atoms with Gasteiger partial charge in [-0.05, 0) is 12.1 Å². The Morgan fingerprint density at radius 2 is 2.00 bits per heavy atom. The van der Waals surface area contributed by atoms with E-state index in [0.29, 0.717) is 19.0 Å². The summed E-state index contributed by atoms with van der Waals surface area (Å²) in [4.78, 5) is 0. The van der Waals surface area contributed by atoms with Gasteiger partial charge in [0, 0.05) is 14.2 Å². The molecule has 4 heterocycles. The van der Waals surface area contributed by atoms with Crippen LogP contribution in [-0.4, -0.2) is 51.5 Å². The van der Waals surface area contributed by atoms with Gasteiger partial charge in [0.25, 0.3) is 0 Å². The minimum Gasteiger partial charge on any atom is -0.458 e. The summed E-state index contributed by atoms with van der Waals surface area (Å²) < 4.78 is 39.4. The molecule has 1 aromatic rings. The van der Waals surface area contributed by atoms with Crippen LogP contribution in [0.5, 0.6) is 0 Å². The summed E-state index contributed by atoms with van der Waals surface area (Å²) >= 11 is 0. The molecule has 0 spiro atoms. The summed E-state index contributed by atoms with van der Waals surface area (Å²) in [7, 11) is 3.24. The quantitative estimate of drug-likeness (QED) is 0.820. The minimum absolute atomic E-state index is 0.121. The Morgan fingerprint density at radius 1 is 1.14 bits per heavy atom. The Labute approximate surface area is 122 Å². The van der Waals surface area contributed by atoms with Crippen LogP contribution in [0.4, 0.5) is 0 Å². The van der Waals surface area contributed by atoms with Crippen molar-refractivity contribution in [1.82, 2.24) is 0 Å². The van der Waals surface area contributed by atoms with Gasteiger partial charge in [0.05, 0.1) is 6.61 Å². The van der Waals surface area contributed by atoms with Crippen molar-refractivity contribution in [3.63, 3.8) is 0 Å². The smallest absolute Gasteiger partial charge is 0.218 e. The molecule has 4 rings (SSSR count). The van der Waals surface area contributed by atoms with Crippen molar-refractivity contribution in [3.8, 4) is 0 Å². The third-order valence-electron chi connectivity index (χ3n) is 4.05. The Bertz CT molecular complexity index is 501. The molecule has 0 aromatic carbocycles. The van der Waals surface area contributed by atoms with Gasteiger partial charge < -0.3 is 32.8 Å². The van der Waals surface area contributed by atoms with E-state index in [-0.39, 0.29) is 30.7 Å². The molecular formula is C14H18O7. The van der Waals surface area contributed by atoms with Gasteiger partial charge in [0.2, 0.25) is 6.29 Å². The molecule has 7 nitrogen and oxygen atoms in total. The first-order valence-electron chi connectivity index (χ1n) is 6.98. The highest BCUT2D eigenvalue weighted by atomic mass is 16.8. The SMILES string of the molecule is COCc1ccc(C2OC3C4COC(O4)C(OC)C3O2)o1. The van der Waals surface area contributed by atoms with E-state index in [0.717, 1.165) is 5.76 Å². The van der Waals surface area contributed by atoms with E-state index in [1.54, 1.807) is 14.2 Å². The Kier molecular flexibility index (Phi) is 3.49. The molecule has 116 valence electrons. The molecule has 3 fully saturated rings. The van der Waals surface area contributed by atoms with E-state index in [4.69, 9.17) is 32.8 Å². The largest absolute Gasteiger partial charge is 0.458 e. The van der Waals surface area contributed by atoms with Crippen LogP contribution in [0.1, 0.15) is 17.8 Å². The second-order valence-corrected chi connectivity index (χ2v) is 5.35. The third kappa shape index (κ3) is 2.21. The number of hydrogen-bond donors (Lipinski definition) is 0. The van der Waals surface area contributed by atoms with Crippen LogP contribution in [0.15, 0.2) is 16.5 Å². The van der Waals surface area contributed by atoms with Gasteiger partial charge in [-0.15, -0.1) is 0 Å². The molecule has 1 aromatic heterocycles. The number of methoxy groups -OCH3 is 2. The van der Waals surface area contributed by atoms with Crippen LogP contribution in [0.2, 0.25) is 0 Å². The van der Waals surface area contributed by atoms with Gasteiger partial charge in [0.15, 0.2) is 12.1 Å². The van der Waals surface area contributed by atoms with Crippen LogP contribution in [-0.2, 0) is 35.0 Å². The fourth-order valence-corrected chi connectivity index (χ4v) is 3.10. The molecule has 3 aliphatic heterocycles. The highest BCUT2D eigenvalue weighted by Crippen LogP contribution is 2.42. The van der Waals surface area contributed by atoms with Crippen molar-refractivity contribution in [3.05, 3.63) is 23.7 Å². The first-order chi connectivity index (χ1) is 10.3. The van der Waals surface area contributed by atoms with Crippen molar-refractivity contribution >= 4 is 0 Å². The van der Waals surface area contributed by atoms with E-state index in [2.05, 4.69) is 0 Å². The standard InChI is InChI=1S/C14H18O7/c1-15-5-7-3-4-8(18-7)13-20-10-9-6-17-14(19-9)12(16-2)11(10)21-13/h3-4,9-14H,5-6H2,1-2H3. The van der Waals surface area contributed by atoms with Gasteiger partial charge >= 0.3 is 0 Å². The van der Waals surface area contributed by atoms with E-state index >= 15 is 0 Å². The molecule has 3 aliphatic rings. The van der Waals surface area contributed by atoms with Gasteiger partial charge in [-0.3, -0.25) is 0 Å². The molecule has 2 bridgehead atoms. The van der Waals surface area contributed by atoms with Crippen molar-refractivity contribution in [1.29, 1.82) is 0 Å². The lowest BCUT2D eigenvalue weighted by molar-refractivity contribution is -0.211. The van der Waals surface area contributed by atoms with Crippen molar-refractivity contribution in [2.75, 3.05) is 20.8 Å². The van der Waals surface area contributed by atoms with Crippen LogP contribution in [0.3, 0.4) is 0 Å². The molecule has 0 N–H and O–H groups in total. The summed E-state index contributed by atoms with van der Waals surface area (Å²) in [6.45, 7) is 0.913. The number of hydrogen-bond acceptors (Lipinski definition) is 7. The zero-order chi connectivity index (χ0) is 14.4. The second-order valence-electron chi connectivity index (χ2n) is 5.35. The van der Waals surface area contributed by atoms with Gasteiger partial charge in [-0.2, -0.15) is 0 Å².